The number of nitrogens with zero attached hydrogens (tertiary/aromatic N) is 2. The van der Waals surface area contributed by atoms with Gasteiger partial charge in [0.2, 0.25) is 0 Å². The molecule has 5 rings (SSSR count). The Bertz CT molecular complexity index is 918. The number of fused-ring (bicyclic) bond motifs is 5. The van der Waals surface area contributed by atoms with Gasteiger partial charge in [0, 0.05) is 36.2 Å². The Hall–Kier alpha value is -1.66. The van der Waals surface area contributed by atoms with Crippen molar-refractivity contribution in [2.45, 2.75) is 37.6 Å². The van der Waals surface area contributed by atoms with Crippen molar-refractivity contribution in [3.05, 3.63) is 47.2 Å². The van der Waals surface area contributed by atoms with Crippen LogP contribution in [0.15, 0.2) is 35.9 Å². The Kier molecular flexibility index (Phi) is 3.99. The second-order valence-electron chi connectivity index (χ2n) is 8.14. The quantitative estimate of drug-likeness (QED) is 0.828. The van der Waals surface area contributed by atoms with Gasteiger partial charge in [-0.05, 0) is 44.0 Å². The summed E-state index contributed by atoms with van der Waals surface area (Å²) in [5, 5.41) is 12.1. The molecule has 5 nitrogen and oxygen atoms in total. The monoisotopic (exact) mass is 368 g/mol. The Morgan fingerprint density at radius 1 is 1.37 bits per heavy atom. The molecule has 3 aliphatic heterocycles. The minimum absolute atomic E-state index is 0.00490. The average Bonchev–Trinajstić information content (AvgIpc) is 3.05. The number of methoxy groups -OCH3 is 1. The molecular weight excluding hydrogens is 340 g/mol. The van der Waals surface area contributed by atoms with E-state index in [0.29, 0.717) is 12.6 Å². The molecule has 1 aromatic heterocycles. The summed E-state index contributed by atoms with van der Waals surface area (Å²) in [6.07, 6.45) is 3.73. The minimum Gasteiger partial charge on any atom is -0.394 e. The van der Waals surface area contributed by atoms with Gasteiger partial charge in [0.15, 0.2) is 6.29 Å². The van der Waals surface area contributed by atoms with Crippen molar-refractivity contribution in [1.82, 2.24) is 9.47 Å². The molecule has 27 heavy (non-hydrogen) atoms. The van der Waals surface area contributed by atoms with Crippen molar-refractivity contribution in [2.75, 3.05) is 33.9 Å². The second-order valence-corrected chi connectivity index (χ2v) is 8.14. The van der Waals surface area contributed by atoms with E-state index in [2.05, 4.69) is 53.8 Å². The summed E-state index contributed by atoms with van der Waals surface area (Å²) in [7, 11) is 3.92. The molecule has 4 heterocycles. The SMILES string of the molecule is C/C=C1\COC(OC)C2(CO)C1CC1c3c(c4ccccc4n32)CCN1C. The number of rotatable bonds is 2. The summed E-state index contributed by atoms with van der Waals surface area (Å²) in [5.41, 5.74) is 4.60. The zero-order chi connectivity index (χ0) is 18.8. The number of likely N-dealkylation sites (N-methyl/N-ethyl adjacent to an activating group) is 1. The van der Waals surface area contributed by atoms with E-state index in [0.717, 1.165) is 19.4 Å². The number of aliphatic hydroxyl groups excluding tert-OH is 1. The number of ether oxygens (including phenoxy) is 2. The Morgan fingerprint density at radius 2 is 2.19 bits per heavy atom. The molecule has 1 saturated heterocycles. The van der Waals surface area contributed by atoms with E-state index in [1.807, 2.05) is 0 Å². The first-order valence-corrected chi connectivity index (χ1v) is 9.90. The summed E-state index contributed by atoms with van der Waals surface area (Å²) >= 11 is 0. The van der Waals surface area contributed by atoms with Crippen LogP contribution in [0.2, 0.25) is 0 Å². The predicted molar refractivity (Wildman–Crippen MR) is 105 cm³/mol. The molecule has 0 saturated carbocycles. The first-order valence-electron chi connectivity index (χ1n) is 9.90. The number of hydrogen-bond acceptors (Lipinski definition) is 4. The van der Waals surface area contributed by atoms with Crippen molar-refractivity contribution in [2.24, 2.45) is 5.92 Å². The lowest BCUT2D eigenvalue weighted by Crippen LogP contribution is -2.63. The number of hydrogen-bond donors (Lipinski definition) is 1. The van der Waals surface area contributed by atoms with E-state index in [1.54, 1.807) is 7.11 Å². The highest BCUT2D eigenvalue weighted by atomic mass is 16.7. The normalized spacial score (nSPS) is 34.7. The summed E-state index contributed by atoms with van der Waals surface area (Å²) in [5.74, 6) is 0.188. The Morgan fingerprint density at radius 3 is 2.93 bits per heavy atom. The van der Waals surface area contributed by atoms with Gasteiger partial charge in [0.05, 0.1) is 19.3 Å². The molecule has 0 radical (unpaired) electrons. The molecule has 0 amide bonds. The van der Waals surface area contributed by atoms with Gasteiger partial charge in [0.1, 0.15) is 5.54 Å². The lowest BCUT2D eigenvalue weighted by atomic mass is 9.69. The molecule has 144 valence electrons. The molecule has 5 heteroatoms. The van der Waals surface area contributed by atoms with Gasteiger partial charge < -0.3 is 19.1 Å². The highest BCUT2D eigenvalue weighted by Crippen LogP contribution is 2.55. The Labute approximate surface area is 160 Å². The summed E-state index contributed by atoms with van der Waals surface area (Å²) < 4.78 is 14.4. The number of benzene rings is 1. The van der Waals surface area contributed by atoms with Gasteiger partial charge in [-0.2, -0.15) is 0 Å². The smallest absolute Gasteiger partial charge is 0.183 e. The zero-order valence-corrected chi connectivity index (χ0v) is 16.3. The second kappa shape index (κ2) is 6.17. The van der Waals surface area contributed by atoms with Crippen LogP contribution in [-0.4, -0.2) is 54.8 Å². The molecule has 1 fully saturated rings. The van der Waals surface area contributed by atoms with Gasteiger partial charge in [-0.3, -0.25) is 4.90 Å². The fourth-order valence-corrected chi connectivity index (χ4v) is 5.89. The number of allylic oxidation sites excluding steroid dienone is 1. The van der Waals surface area contributed by atoms with Crippen molar-refractivity contribution < 1.29 is 14.6 Å². The van der Waals surface area contributed by atoms with Crippen LogP contribution >= 0.6 is 0 Å². The summed E-state index contributed by atoms with van der Waals surface area (Å²) in [4.78, 5) is 2.48. The van der Waals surface area contributed by atoms with E-state index in [4.69, 9.17) is 9.47 Å². The molecule has 1 aromatic carbocycles. The van der Waals surface area contributed by atoms with E-state index in [1.165, 1.54) is 27.7 Å². The molecular formula is C22H28N2O3. The van der Waals surface area contributed by atoms with Gasteiger partial charge in [0.25, 0.3) is 0 Å². The van der Waals surface area contributed by atoms with Crippen LogP contribution in [0.4, 0.5) is 0 Å². The molecule has 0 spiro atoms. The lowest BCUT2D eigenvalue weighted by molar-refractivity contribution is -0.231. The molecule has 1 N–H and O–H groups in total. The zero-order valence-electron chi connectivity index (χ0n) is 16.3. The van der Waals surface area contributed by atoms with E-state index >= 15 is 0 Å². The molecule has 4 unspecified atom stereocenters. The molecule has 4 atom stereocenters. The van der Waals surface area contributed by atoms with Crippen LogP contribution in [0.1, 0.15) is 30.6 Å². The summed E-state index contributed by atoms with van der Waals surface area (Å²) in [6, 6.07) is 8.97. The van der Waals surface area contributed by atoms with Gasteiger partial charge in [-0.1, -0.05) is 24.3 Å². The topological polar surface area (TPSA) is 46.9 Å². The highest BCUT2D eigenvalue weighted by Gasteiger charge is 2.58. The third kappa shape index (κ3) is 2.08. The molecule has 0 aliphatic carbocycles. The van der Waals surface area contributed by atoms with Crippen LogP contribution in [0.25, 0.3) is 10.9 Å². The minimum atomic E-state index is -0.628. The number of aliphatic hydroxyl groups is 1. The van der Waals surface area contributed by atoms with Gasteiger partial charge >= 0.3 is 0 Å². The van der Waals surface area contributed by atoms with Crippen molar-refractivity contribution in [3.63, 3.8) is 0 Å². The predicted octanol–water partition coefficient (Wildman–Crippen LogP) is 2.83. The maximum Gasteiger partial charge on any atom is 0.183 e. The fourth-order valence-electron chi connectivity index (χ4n) is 5.89. The number of para-hydroxylation sites is 1. The van der Waals surface area contributed by atoms with Crippen molar-refractivity contribution in [3.8, 4) is 0 Å². The Balaban J connectivity index is 1.89. The first kappa shape index (κ1) is 17.4. The third-order valence-corrected chi connectivity index (χ3v) is 7.16. The fraction of sp³-hybridized carbons (Fsp3) is 0.545. The van der Waals surface area contributed by atoms with E-state index in [9.17, 15) is 5.11 Å². The lowest BCUT2D eigenvalue weighted by Gasteiger charge is -2.56. The molecule has 3 aliphatic rings. The van der Waals surface area contributed by atoms with E-state index in [-0.39, 0.29) is 12.5 Å². The average molecular weight is 368 g/mol. The first-order chi connectivity index (χ1) is 13.2. The highest BCUT2D eigenvalue weighted by molar-refractivity contribution is 5.87. The van der Waals surface area contributed by atoms with Crippen LogP contribution in [0, 0.1) is 5.92 Å². The van der Waals surface area contributed by atoms with E-state index < -0.39 is 11.8 Å². The van der Waals surface area contributed by atoms with Gasteiger partial charge in [-0.25, -0.2) is 0 Å². The van der Waals surface area contributed by atoms with Crippen LogP contribution in [-0.2, 0) is 21.4 Å². The van der Waals surface area contributed by atoms with Crippen molar-refractivity contribution >= 4 is 10.9 Å². The summed E-state index contributed by atoms with van der Waals surface area (Å²) in [6.45, 7) is 3.71. The molecule has 2 aromatic rings. The maximum atomic E-state index is 10.8. The van der Waals surface area contributed by atoms with Crippen LogP contribution in [0.5, 0.6) is 0 Å². The third-order valence-electron chi connectivity index (χ3n) is 7.16. The number of aromatic nitrogens is 1. The maximum absolute atomic E-state index is 10.8. The molecule has 0 bridgehead atoms. The van der Waals surface area contributed by atoms with Crippen LogP contribution < -0.4 is 0 Å². The largest absolute Gasteiger partial charge is 0.394 e. The van der Waals surface area contributed by atoms with Gasteiger partial charge in [-0.15, -0.1) is 0 Å². The van der Waals surface area contributed by atoms with Crippen LogP contribution in [0.3, 0.4) is 0 Å². The van der Waals surface area contributed by atoms with Crippen molar-refractivity contribution in [1.29, 1.82) is 0 Å². The standard InChI is InChI=1S/C22H28N2O3/c1-4-14-12-27-21(26-3)22(13-25)17(14)11-19-20-16(9-10-23(19)2)15-7-5-6-8-18(15)24(20)22/h4-8,17,19,21,25H,9-13H2,1-3H3/b14-4+.